The highest BCUT2D eigenvalue weighted by Gasteiger charge is 2.10. The number of hydrogen-bond donors (Lipinski definition) is 2. The number of guanidine groups is 1. The van der Waals surface area contributed by atoms with Gasteiger partial charge in [-0.15, -0.1) is 0 Å². The summed E-state index contributed by atoms with van der Waals surface area (Å²) in [5.74, 6) is 0.917. The minimum Gasteiger partial charge on any atom is -0.382 e. The minimum absolute atomic E-state index is 0.657. The lowest BCUT2D eigenvalue weighted by Crippen LogP contribution is -2.38. The lowest BCUT2D eigenvalue weighted by molar-refractivity contribution is 0.0702. The summed E-state index contributed by atoms with van der Waals surface area (Å²) in [7, 11) is 1.69. The van der Waals surface area contributed by atoms with Gasteiger partial charge in [0.05, 0.1) is 13.2 Å². The van der Waals surface area contributed by atoms with Crippen LogP contribution in [0.5, 0.6) is 0 Å². The van der Waals surface area contributed by atoms with Crippen LogP contribution < -0.4 is 10.6 Å². The first-order valence-corrected chi connectivity index (χ1v) is 8.68. The van der Waals surface area contributed by atoms with E-state index in [2.05, 4.69) is 27.4 Å². The summed E-state index contributed by atoms with van der Waals surface area (Å²) < 4.78 is 10.4. The van der Waals surface area contributed by atoms with Gasteiger partial charge < -0.3 is 25.0 Å². The van der Waals surface area contributed by atoms with Crippen molar-refractivity contribution in [2.45, 2.75) is 32.6 Å². The lowest BCUT2D eigenvalue weighted by Gasteiger charge is -2.15. The van der Waals surface area contributed by atoms with E-state index in [1.165, 1.54) is 38.9 Å². The number of nitrogens with zero attached hydrogens (tertiary/aromatic N) is 2. The van der Waals surface area contributed by atoms with Crippen LogP contribution in [0.2, 0.25) is 0 Å². The quantitative estimate of drug-likeness (QED) is 0.321. The maximum Gasteiger partial charge on any atom is 0.191 e. The number of aliphatic imine (C=N–C) groups is 1. The molecule has 0 unspecified atom stereocenters. The molecule has 0 aromatic heterocycles. The van der Waals surface area contributed by atoms with Crippen LogP contribution in [0, 0.1) is 0 Å². The summed E-state index contributed by atoms with van der Waals surface area (Å²) in [5.41, 5.74) is 0. The number of hydrogen-bond acceptors (Lipinski definition) is 4. The molecule has 22 heavy (non-hydrogen) atoms. The van der Waals surface area contributed by atoms with Gasteiger partial charge in [0.2, 0.25) is 0 Å². The number of rotatable bonds is 12. The highest BCUT2D eigenvalue weighted by Crippen LogP contribution is 2.06. The van der Waals surface area contributed by atoms with Crippen molar-refractivity contribution in [3.05, 3.63) is 0 Å². The van der Waals surface area contributed by atoms with Gasteiger partial charge >= 0.3 is 0 Å². The van der Waals surface area contributed by atoms with Gasteiger partial charge in [-0.05, 0) is 52.2 Å². The Bertz CT molecular complexity index is 281. The maximum absolute atomic E-state index is 5.43. The van der Waals surface area contributed by atoms with E-state index in [1.54, 1.807) is 7.11 Å². The molecule has 1 aliphatic rings. The van der Waals surface area contributed by atoms with Crippen LogP contribution in [-0.2, 0) is 9.47 Å². The predicted molar refractivity (Wildman–Crippen MR) is 91.6 cm³/mol. The molecule has 1 saturated heterocycles. The van der Waals surface area contributed by atoms with Crippen LogP contribution in [0.1, 0.15) is 32.6 Å². The van der Waals surface area contributed by atoms with E-state index in [-0.39, 0.29) is 0 Å². The zero-order valence-electron chi connectivity index (χ0n) is 14.4. The van der Waals surface area contributed by atoms with Crippen molar-refractivity contribution in [3.8, 4) is 0 Å². The SMILES string of the molecule is CCNC(=NCCCOCCOC)NCCCN1CCCC1. The van der Waals surface area contributed by atoms with Gasteiger partial charge in [0.1, 0.15) is 0 Å². The largest absolute Gasteiger partial charge is 0.382 e. The van der Waals surface area contributed by atoms with E-state index in [0.717, 1.165) is 38.6 Å². The van der Waals surface area contributed by atoms with Crippen molar-refractivity contribution >= 4 is 5.96 Å². The van der Waals surface area contributed by atoms with Crippen molar-refractivity contribution in [2.75, 3.05) is 66.2 Å². The minimum atomic E-state index is 0.657. The highest BCUT2D eigenvalue weighted by atomic mass is 16.5. The Kier molecular flexibility index (Phi) is 12.0. The third kappa shape index (κ3) is 9.97. The summed E-state index contributed by atoms with van der Waals surface area (Å²) in [6.45, 7) is 10.5. The first kappa shape index (κ1) is 19.2. The second kappa shape index (κ2) is 13.8. The molecule has 1 fully saturated rings. The van der Waals surface area contributed by atoms with Gasteiger partial charge in [0.25, 0.3) is 0 Å². The Morgan fingerprint density at radius 3 is 2.64 bits per heavy atom. The number of likely N-dealkylation sites (tertiary alicyclic amines) is 1. The molecule has 0 aliphatic carbocycles. The second-order valence-electron chi connectivity index (χ2n) is 5.55. The Labute approximate surface area is 135 Å². The van der Waals surface area contributed by atoms with Gasteiger partial charge in [-0.25, -0.2) is 0 Å². The van der Waals surface area contributed by atoms with Gasteiger partial charge in [-0.3, -0.25) is 4.99 Å². The van der Waals surface area contributed by atoms with Crippen molar-refractivity contribution in [2.24, 2.45) is 4.99 Å². The molecule has 0 bridgehead atoms. The molecule has 1 aliphatic heterocycles. The molecular formula is C16H34N4O2. The van der Waals surface area contributed by atoms with E-state index in [4.69, 9.17) is 9.47 Å². The zero-order valence-corrected chi connectivity index (χ0v) is 14.4. The van der Waals surface area contributed by atoms with Crippen LogP contribution in [0.3, 0.4) is 0 Å². The molecule has 130 valence electrons. The maximum atomic E-state index is 5.43. The van der Waals surface area contributed by atoms with Crippen molar-refractivity contribution in [3.63, 3.8) is 0 Å². The molecule has 0 aromatic carbocycles. The molecule has 0 amide bonds. The molecule has 0 saturated carbocycles. The average molecular weight is 314 g/mol. The van der Waals surface area contributed by atoms with E-state index in [1.807, 2.05) is 0 Å². The monoisotopic (exact) mass is 314 g/mol. The summed E-state index contributed by atoms with van der Waals surface area (Å²) in [4.78, 5) is 7.11. The molecular weight excluding hydrogens is 280 g/mol. The number of methoxy groups -OCH3 is 1. The predicted octanol–water partition coefficient (Wildman–Crippen LogP) is 1.08. The fourth-order valence-electron chi connectivity index (χ4n) is 2.46. The van der Waals surface area contributed by atoms with Gasteiger partial charge in [0.15, 0.2) is 5.96 Å². The molecule has 1 heterocycles. The molecule has 2 N–H and O–H groups in total. The van der Waals surface area contributed by atoms with Crippen LogP contribution in [0.25, 0.3) is 0 Å². The van der Waals surface area contributed by atoms with Crippen molar-refractivity contribution in [1.82, 2.24) is 15.5 Å². The Morgan fingerprint density at radius 2 is 1.91 bits per heavy atom. The molecule has 6 heteroatoms. The van der Waals surface area contributed by atoms with Crippen molar-refractivity contribution in [1.29, 1.82) is 0 Å². The average Bonchev–Trinajstić information content (AvgIpc) is 3.03. The third-order valence-electron chi connectivity index (χ3n) is 3.63. The van der Waals surface area contributed by atoms with Gasteiger partial charge in [-0.1, -0.05) is 0 Å². The highest BCUT2D eigenvalue weighted by molar-refractivity contribution is 5.79. The molecule has 0 spiro atoms. The lowest BCUT2D eigenvalue weighted by atomic mass is 10.4. The molecule has 0 atom stereocenters. The van der Waals surface area contributed by atoms with Gasteiger partial charge in [-0.2, -0.15) is 0 Å². The van der Waals surface area contributed by atoms with E-state index in [0.29, 0.717) is 13.2 Å². The molecule has 1 rings (SSSR count). The fraction of sp³-hybridized carbons (Fsp3) is 0.938. The molecule has 6 nitrogen and oxygen atoms in total. The van der Waals surface area contributed by atoms with Gasteiger partial charge in [0, 0.05) is 33.4 Å². The Hall–Kier alpha value is -0.850. The number of nitrogens with one attached hydrogen (secondary N) is 2. The van der Waals surface area contributed by atoms with Crippen molar-refractivity contribution < 1.29 is 9.47 Å². The van der Waals surface area contributed by atoms with Crippen LogP contribution in [0.4, 0.5) is 0 Å². The summed E-state index contributed by atoms with van der Waals surface area (Å²) in [5, 5.41) is 6.69. The normalized spacial score (nSPS) is 16.2. The Morgan fingerprint density at radius 1 is 1.09 bits per heavy atom. The number of ether oxygens (including phenoxy) is 2. The third-order valence-corrected chi connectivity index (χ3v) is 3.63. The first-order chi connectivity index (χ1) is 10.9. The second-order valence-corrected chi connectivity index (χ2v) is 5.55. The van der Waals surface area contributed by atoms with Crippen LogP contribution >= 0.6 is 0 Å². The van der Waals surface area contributed by atoms with Crippen LogP contribution in [0.15, 0.2) is 4.99 Å². The van der Waals surface area contributed by atoms with E-state index < -0.39 is 0 Å². The smallest absolute Gasteiger partial charge is 0.191 e. The van der Waals surface area contributed by atoms with E-state index in [9.17, 15) is 0 Å². The standard InChI is InChI=1S/C16H34N4O2/c1-3-17-16(19-9-7-13-22-15-14-21-2)18-8-6-12-20-10-4-5-11-20/h3-15H2,1-2H3,(H2,17,18,19). The Balaban J connectivity index is 2.04. The van der Waals surface area contributed by atoms with E-state index >= 15 is 0 Å². The first-order valence-electron chi connectivity index (χ1n) is 8.68. The summed E-state index contributed by atoms with van der Waals surface area (Å²) in [6.07, 6.45) is 4.84. The molecule has 0 aromatic rings. The molecule has 0 radical (unpaired) electrons. The summed E-state index contributed by atoms with van der Waals surface area (Å²) >= 11 is 0. The topological polar surface area (TPSA) is 58.1 Å². The summed E-state index contributed by atoms with van der Waals surface area (Å²) in [6, 6.07) is 0. The van der Waals surface area contributed by atoms with Crippen LogP contribution in [-0.4, -0.2) is 77.1 Å². The fourth-order valence-corrected chi connectivity index (χ4v) is 2.46. The zero-order chi connectivity index (χ0) is 15.9.